The van der Waals surface area contributed by atoms with E-state index in [-0.39, 0.29) is 54.7 Å². The van der Waals surface area contributed by atoms with Crippen molar-refractivity contribution in [1.82, 2.24) is 0 Å². The van der Waals surface area contributed by atoms with Crippen molar-refractivity contribution in [2.24, 2.45) is 23.7 Å². The number of esters is 2. The zero-order chi connectivity index (χ0) is 40.2. The molecule has 0 spiro atoms. The molecule has 1 rings (SSSR count). The SMILES string of the molecule is CC(/C=C/C(=O)O[C@H]1CCCC(=O)O[C@@H]([C@@H](C)C/C(C)=C/[C@@H](C)[C@H](O)C[C@@H](C)O)C/C=C(\C)C[C@@H]1C)=C\[C@H](C)C/C=C/C(C)=C/[C@H](O)[C@@H](O)C[C@H](C)O. The van der Waals surface area contributed by atoms with Gasteiger partial charge in [-0.25, -0.2) is 4.79 Å². The number of hydrogen-bond donors (Lipinski definition) is 5. The molecule has 0 aromatic rings. The van der Waals surface area contributed by atoms with E-state index in [0.29, 0.717) is 25.7 Å². The van der Waals surface area contributed by atoms with Gasteiger partial charge in [0.25, 0.3) is 0 Å². The average molecular weight is 745 g/mol. The van der Waals surface area contributed by atoms with Crippen molar-refractivity contribution in [3.8, 4) is 0 Å². The van der Waals surface area contributed by atoms with Gasteiger partial charge in [-0.05, 0) is 97.8 Å². The van der Waals surface area contributed by atoms with Gasteiger partial charge in [0.2, 0.25) is 0 Å². The minimum Gasteiger partial charge on any atom is -0.462 e. The molecular formula is C44H72O9. The molecule has 0 amide bonds. The Bertz CT molecular complexity index is 1290. The van der Waals surface area contributed by atoms with E-state index in [4.69, 9.17) is 9.47 Å². The van der Waals surface area contributed by atoms with Gasteiger partial charge in [-0.3, -0.25) is 4.79 Å². The van der Waals surface area contributed by atoms with E-state index in [9.17, 15) is 35.1 Å². The number of hydrogen-bond acceptors (Lipinski definition) is 9. The maximum atomic E-state index is 13.0. The molecule has 0 aliphatic carbocycles. The van der Waals surface area contributed by atoms with Crippen molar-refractivity contribution >= 4 is 11.9 Å². The summed E-state index contributed by atoms with van der Waals surface area (Å²) in [6, 6.07) is 0. The molecule has 5 N–H and O–H groups in total. The van der Waals surface area contributed by atoms with E-state index in [1.807, 2.05) is 45.9 Å². The van der Waals surface area contributed by atoms with Crippen LogP contribution in [0.2, 0.25) is 0 Å². The van der Waals surface area contributed by atoms with Gasteiger partial charge in [0.1, 0.15) is 12.2 Å². The number of cyclic esters (lactones) is 1. The molecule has 0 bridgehead atoms. The molecule has 0 fully saturated rings. The van der Waals surface area contributed by atoms with Crippen molar-refractivity contribution in [2.45, 2.75) is 170 Å². The minimum atomic E-state index is -1.05. The second-order valence-electron chi connectivity index (χ2n) is 16.0. The number of rotatable bonds is 18. The van der Waals surface area contributed by atoms with Crippen molar-refractivity contribution < 1.29 is 44.6 Å². The maximum absolute atomic E-state index is 13.0. The summed E-state index contributed by atoms with van der Waals surface area (Å²) < 4.78 is 11.9. The molecule has 1 aliphatic heterocycles. The van der Waals surface area contributed by atoms with Gasteiger partial charge in [-0.1, -0.05) is 92.5 Å². The lowest BCUT2D eigenvalue weighted by atomic mass is 9.89. The Hall–Kier alpha value is -2.82. The van der Waals surface area contributed by atoms with Crippen molar-refractivity contribution in [3.63, 3.8) is 0 Å². The first-order valence-electron chi connectivity index (χ1n) is 19.6. The highest BCUT2D eigenvalue weighted by molar-refractivity contribution is 5.82. The summed E-state index contributed by atoms with van der Waals surface area (Å²) in [5, 5.41) is 49.5. The van der Waals surface area contributed by atoms with Crippen LogP contribution in [0.3, 0.4) is 0 Å². The molecule has 1 heterocycles. The van der Waals surface area contributed by atoms with Crippen LogP contribution >= 0.6 is 0 Å². The molecule has 0 unspecified atom stereocenters. The fraction of sp³-hybridized carbons (Fsp3) is 0.682. The van der Waals surface area contributed by atoms with Crippen LogP contribution in [0.1, 0.15) is 127 Å². The number of allylic oxidation sites excluding steroid dienone is 8. The van der Waals surface area contributed by atoms with E-state index in [2.05, 4.69) is 39.8 Å². The van der Waals surface area contributed by atoms with Gasteiger partial charge in [0, 0.05) is 31.3 Å². The van der Waals surface area contributed by atoms with Crippen LogP contribution in [-0.4, -0.2) is 80.2 Å². The van der Waals surface area contributed by atoms with Gasteiger partial charge >= 0.3 is 11.9 Å². The number of aliphatic hydroxyl groups is 5. The largest absolute Gasteiger partial charge is 0.462 e. The van der Waals surface area contributed by atoms with Crippen molar-refractivity contribution in [3.05, 3.63) is 70.9 Å². The van der Waals surface area contributed by atoms with Gasteiger partial charge in [0.15, 0.2) is 0 Å². The van der Waals surface area contributed by atoms with E-state index in [1.165, 1.54) is 6.08 Å². The predicted molar refractivity (Wildman–Crippen MR) is 213 cm³/mol. The number of ether oxygens (including phenoxy) is 2. The minimum absolute atomic E-state index is 0.0678. The lowest BCUT2D eigenvalue weighted by molar-refractivity contribution is -0.152. The normalized spacial score (nSPS) is 25.9. The third-order valence-corrected chi connectivity index (χ3v) is 9.74. The molecule has 0 radical (unpaired) electrons. The first-order chi connectivity index (χ1) is 24.8. The Balaban J connectivity index is 2.81. The molecule has 0 aromatic heterocycles. The highest BCUT2D eigenvalue weighted by Crippen LogP contribution is 2.27. The number of carbonyl (C=O) groups excluding carboxylic acids is 2. The van der Waals surface area contributed by atoms with Crippen LogP contribution in [0.25, 0.3) is 0 Å². The van der Waals surface area contributed by atoms with Crippen LogP contribution in [0.4, 0.5) is 0 Å². The van der Waals surface area contributed by atoms with Crippen LogP contribution in [0, 0.1) is 23.7 Å². The Labute approximate surface area is 320 Å². The second kappa shape index (κ2) is 25.3. The summed E-state index contributed by atoms with van der Waals surface area (Å²) in [4.78, 5) is 25.9. The zero-order valence-corrected chi connectivity index (χ0v) is 34.2. The summed E-state index contributed by atoms with van der Waals surface area (Å²) in [5.74, 6) is -0.426. The second-order valence-corrected chi connectivity index (χ2v) is 16.0. The summed E-state index contributed by atoms with van der Waals surface area (Å²) in [6.45, 7) is 19.3. The molecule has 9 nitrogen and oxygen atoms in total. The molecule has 0 saturated carbocycles. The third-order valence-electron chi connectivity index (χ3n) is 9.74. The van der Waals surface area contributed by atoms with Gasteiger partial charge in [-0.2, -0.15) is 0 Å². The fourth-order valence-corrected chi connectivity index (χ4v) is 6.76. The summed E-state index contributed by atoms with van der Waals surface area (Å²) in [5.41, 5.74) is 4.01. The lowest BCUT2D eigenvalue weighted by Gasteiger charge is -2.27. The Kier molecular flexibility index (Phi) is 23.0. The Morgan fingerprint density at radius 2 is 1.53 bits per heavy atom. The Morgan fingerprint density at radius 1 is 0.906 bits per heavy atom. The van der Waals surface area contributed by atoms with E-state index >= 15 is 0 Å². The van der Waals surface area contributed by atoms with Gasteiger partial charge < -0.3 is 35.0 Å². The number of aliphatic hydroxyl groups excluding tert-OH is 5. The van der Waals surface area contributed by atoms with Crippen molar-refractivity contribution in [1.29, 1.82) is 0 Å². The van der Waals surface area contributed by atoms with Crippen LogP contribution in [0.15, 0.2) is 70.9 Å². The molecule has 0 saturated heterocycles. The fourth-order valence-electron chi connectivity index (χ4n) is 6.76. The Morgan fingerprint density at radius 3 is 2.17 bits per heavy atom. The third kappa shape index (κ3) is 21.6. The number of carbonyl (C=O) groups is 2. The molecule has 302 valence electrons. The molecular weight excluding hydrogens is 672 g/mol. The van der Waals surface area contributed by atoms with Crippen LogP contribution in [0.5, 0.6) is 0 Å². The summed E-state index contributed by atoms with van der Waals surface area (Å²) in [7, 11) is 0. The highest BCUT2D eigenvalue weighted by Gasteiger charge is 2.26. The van der Waals surface area contributed by atoms with Crippen LogP contribution in [-0.2, 0) is 19.1 Å². The monoisotopic (exact) mass is 745 g/mol. The molecule has 11 atom stereocenters. The van der Waals surface area contributed by atoms with E-state index in [1.54, 1.807) is 26.0 Å². The average Bonchev–Trinajstić information content (AvgIpc) is 3.03. The summed E-state index contributed by atoms with van der Waals surface area (Å²) >= 11 is 0. The van der Waals surface area contributed by atoms with Gasteiger partial charge in [-0.15, -0.1) is 0 Å². The maximum Gasteiger partial charge on any atom is 0.331 e. The predicted octanol–water partition coefficient (Wildman–Crippen LogP) is 7.62. The highest BCUT2D eigenvalue weighted by atomic mass is 16.5. The quantitative estimate of drug-likeness (QED) is 0.0413. The lowest BCUT2D eigenvalue weighted by Crippen LogP contribution is -2.28. The topological polar surface area (TPSA) is 154 Å². The van der Waals surface area contributed by atoms with E-state index in [0.717, 1.165) is 41.6 Å². The summed E-state index contributed by atoms with van der Waals surface area (Å²) in [6.07, 6.45) is 15.0. The van der Waals surface area contributed by atoms with Crippen molar-refractivity contribution in [2.75, 3.05) is 0 Å². The van der Waals surface area contributed by atoms with Crippen LogP contribution < -0.4 is 0 Å². The first kappa shape index (κ1) is 48.2. The van der Waals surface area contributed by atoms with Gasteiger partial charge in [0.05, 0.1) is 30.5 Å². The molecule has 53 heavy (non-hydrogen) atoms. The molecule has 9 heteroatoms. The molecule has 0 aromatic carbocycles. The standard InChI is InChI=1S/C44H72O9/c1-28(13-11-14-29(2)25-39(48)40(49)27-37(10)46)21-30(3)18-20-44(51)52-41-15-12-16-43(50)53-42(19-17-31(4)22-34(41)7)35(8)24-32(5)23-33(6)38(47)26-36(9)45/h11,14,17-18,20-21,23,25,28,33-42,45-49H,12-13,15-16,19,22,24,26-27H2,1-10H3/b14-11+,20-18+,29-25+,30-21+,31-17+,32-23+/t28-,33-,34+,35+,36-,37+,38-,39+,40+,41+,42-/m1/s1. The first-order valence-corrected chi connectivity index (χ1v) is 19.6. The smallest absolute Gasteiger partial charge is 0.331 e. The zero-order valence-electron chi connectivity index (χ0n) is 34.2. The van der Waals surface area contributed by atoms with E-state index < -0.39 is 36.5 Å². The molecule has 1 aliphatic rings.